The Morgan fingerprint density at radius 2 is 1.71 bits per heavy atom. The Balaban J connectivity index is 2.62. The summed E-state index contributed by atoms with van der Waals surface area (Å²) in [6, 6.07) is 6.71. The lowest BCUT2D eigenvalue weighted by Gasteiger charge is -2.06. The first kappa shape index (κ1) is 14.2. The molecule has 0 aliphatic heterocycles. The minimum absolute atomic E-state index is 0.0473. The lowest BCUT2D eigenvalue weighted by Crippen LogP contribution is -2.11. The molecule has 0 spiro atoms. The van der Waals surface area contributed by atoms with Crippen LogP contribution in [0.25, 0.3) is 0 Å². The molecule has 4 nitrogen and oxygen atoms in total. The van der Waals surface area contributed by atoms with E-state index in [1.165, 1.54) is 0 Å². The van der Waals surface area contributed by atoms with Gasteiger partial charge in [0.1, 0.15) is 0 Å². The molecule has 1 aromatic rings. The number of benzene rings is 1. The van der Waals surface area contributed by atoms with Gasteiger partial charge in [-0.3, -0.25) is 4.18 Å². The van der Waals surface area contributed by atoms with Gasteiger partial charge in [0.2, 0.25) is 0 Å². The van der Waals surface area contributed by atoms with Crippen LogP contribution < -0.4 is 0 Å². The molecule has 0 amide bonds. The van der Waals surface area contributed by atoms with Crippen LogP contribution in [0.3, 0.4) is 0 Å². The van der Waals surface area contributed by atoms with Gasteiger partial charge in [0.15, 0.2) is 0 Å². The SMILES string of the molecule is CCOCCOS(=O)(=O)c1ccc(CC)cc1. The fourth-order valence-corrected chi connectivity index (χ4v) is 2.20. The molecule has 0 bridgehead atoms. The summed E-state index contributed by atoms with van der Waals surface area (Å²) < 4.78 is 33.3. The molecule has 0 saturated carbocycles. The maximum atomic E-state index is 11.7. The smallest absolute Gasteiger partial charge is 0.297 e. The molecule has 1 aromatic carbocycles. The van der Waals surface area contributed by atoms with Crippen molar-refractivity contribution in [2.45, 2.75) is 25.2 Å². The Labute approximate surface area is 103 Å². The van der Waals surface area contributed by atoms with Crippen molar-refractivity contribution < 1.29 is 17.3 Å². The van der Waals surface area contributed by atoms with Gasteiger partial charge in [0, 0.05) is 6.61 Å². The highest BCUT2D eigenvalue weighted by atomic mass is 32.2. The second-order valence-electron chi connectivity index (χ2n) is 3.47. The summed E-state index contributed by atoms with van der Waals surface area (Å²) in [6.45, 7) is 4.74. The number of ether oxygens (including phenoxy) is 1. The van der Waals surface area contributed by atoms with Crippen LogP contribution in [0.15, 0.2) is 29.2 Å². The molecule has 0 saturated heterocycles. The van der Waals surface area contributed by atoms with E-state index in [1.807, 2.05) is 13.8 Å². The summed E-state index contributed by atoms with van der Waals surface area (Å²) in [4.78, 5) is 0.186. The summed E-state index contributed by atoms with van der Waals surface area (Å²) in [5.41, 5.74) is 1.10. The largest absolute Gasteiger partial charge is 0.379 e. The number of hydrogen-bond donors (Lipinski definition) is 0. The predicted molar refractivity (Wildman–Crippen MR) is 65.5 cm³/mol. The maximum Gasteiger partial charge on any atom is 0.297 e. The lowest BCUT2D eigenvalue weighted by atomic mass is 10.2. The molecule has 0 aliphatic carbocycles. The maximum absolute atomic E-state index is 11.7. The average Bonchev–Trinajstić information content (AvgIpc) is 2.35. The lowest BCUT2D eigenvalue weighted by molar-refractivity contribution is 0.112. The van der Waals surface area contributed by atoms with Crippen LogP contribution in [0, 0.1) is 0 Å². The van der Waals surface area contributed by atoms with Gasteiger partial charge in [-0.1, -0.05) is 19.1 Å². The van der Waals surface area contributed by atoms with Crippen LogP contribution in [-0.2, 0) is 25.5 Å². The van der Waals surface area contributed by atoms with E-state index in [4.69, 9.17) is 8.92 Å². The van der Waals surface area contributed by atoms with Crippen molar-refractivity contribution in [1.82, 2.24) is 0 Å². The molecular formula is C12H18O4S. The Hall–Kier alpha value is -0.910. The van der Waals surface area contributed by atoms with E-state index < -0.39 is 10.1 Å². The standard InChI is InChI=1S/C12H18O4S/c1-3-11-5-7-12(8-6-11)17(13,14)16-10-9-15-4-2/h5-8H,3-4,9-10H2,1-2H3. The highest BCUT2D eigenvalue weighted by Crippen LogP contribution is 2.13. The summed E-state index contributed by atoms with van der Waals surface area (Å²) >= 11 is 0. The van der Waals surface area contributed by atoms with Gasteiger partial charge >= 0.3 is 0 Å². The van der Waals surface area contributed by atoms with Crippen LogP contribution in [0.5, 0.6) is 0 Å². The fourth-order valence-electron chi connectivity index (χ4n) is 1.31. The first-order valence-electron chi connectivity index (χ1n) is 5.66. The number of hydrogen-bond acceptors (Lipinski definition) is 4. The average molecular weight is 258 g/mol. The van der Waals surface area contributed by atoms with Crippen molar-refractivity contribution in [3.05, 3.63) is 29.8 Å². The predicted octanol–water partition coefficient (Wildman–Crippen LogP) is 1.99. The zero-order valence-corrected chi connectivity index (χ0v) is 11.0. The quantitative estimate of drug-likeness (QED) is 0.554. The first-order valence-corrected chi connectivity index (χ1v) is 7.07. The molecule has 96 valence electrons. The summed E-state index contributed by atoms with van der Waals surface area (Å²) in [5.74, 6) is 0. The summed E-state index contributed by atoms with van der Waals surface area (Å²) in [7, 11) is -3.65. The van der Waals surface area contributed by atoms with Gasteiger partial charge in [-0.15, -0.1) is 0 Å². The van der Waals surface area contributed by atoms with Crippen molar-refractivity contribution >= 4 is 10.1 Å². The van der Waals surface area contributed by atoms with Crippen LogP contribution in [0.4, 0.5) is 0 Å². The molecule has 17 heavy (non-hydrogen) atoms. The number of aryl methyl sites for hydroxylation is 1. The van der Waals surface area contributed by atoms with Crippen LogP contribution in [0.2, 0.25) is 0 Å². The summed E-state index contributed by atoms with van der Waals surface area (Å²) in [6.07, 6.45) is 0.880. The van der Waals surface area contributed by atoms with Gasteiger partial charge in [-0.25, -0.2) is 0 Å². The highest BCUT2D eigenvalue weighted by molar-refractivity contribution is 7.86. The third-order valence-electron chi connectivity index (χ3n) is 2.29. The molecule has 0 fully saturated rings. The third-order valence-corrected chi connectivity index (χ3v) is 3.62. The van der Waals surface area contributed by atoms with Gasteiger partial charge < -0.3 is 4.74 Å². The minimum Gasteiger partial charge on any atom is -0.379 e. The second-order valence-corrected chi connectivity index (χ2v) is 5.09. The van der Waals surface area contributed by atoms with Crippen LogP contribution >= 0.6 is 0 Å². The van der Waals surface area contributed by atoms with E-state index >= 15 is 0 Å². The normalized spacial score (nSPS) is 11.6. The fraction of sp³-hybridized carbons (Fsp3) is 0.500. The Morgan fingerprint density at radius 3 is 2.24 bits per heavy atom. The van der Waals surface area contributed by atoms with Crippen LogP contribution in [-0.4, -0.2) is 28.2 Å². The van der Waals surface area contributed by atoms with Crippen molar-refractivity contribution in [3.63, 3.8) is 0 Å². The molecule has 5 heteroatoms. The molecule has 0 N–H and O–H groups in total. The van der Waals surface area contributed by atoms with Gasteiger partial charge in [-0.2, -0.15) is 8.42 Å². The van der Waals surface area contributed by atoms with Crippen molar-refractivity contribution in [2.24, 2.45) is 0 Å². The molecule has 0 aliphatic rings. The zero-order chi connectivity index (χ0) is 12.7. The molecule has 0 heterocycles. The van der Waals surface area contributed by atoms with Gasteiger partial charge in [0.25, 0.3) is 10.1 Å². The molecule has 1 rings (SSSR count). The summed E-state index contributed by atoms with van der Waals surface area (Å²) in [5, 5.41) is 0. The van der Waals surface area contributed by atoms with Crippen molar-refractivity contribution in [2.75, 3.05) is 19.8 Å². The minimum atomic E-state index is -3.65. The highest BCUT2D eigenvalue weighted by Gasteiger charge is 2.14. The monoisotopic (exact) mass is 258 g/mol. The van der Waals surface area contributed by atoms with Gasteiger partial charge in [-0.05, 0) is 31.0 Å². The molecule has 0 radical (unpaired) electrons. The van der Waals surface area contributed by atoms with E-state index in [2.05, 4.69) is 0 Å². The van der Waals surface area contributed by atoms with Crippen molar-refractivity contribution in [1.29, 1.82) is 0 Å². The van der Waals surface area contributed by atoms with Crippen molar-refractivity contribution in [3.8, 4) is 0 Å². The van der Waals surface area contributed by atoms with E-state index in [9.17, 15) is 8.42 Å². The third kappa shape index (κ3) is 4.46. The molecule has 0 aromatic heterocycles. The Kier molecular flexibility index (Phi) is 5.61. The van der Waals surface area contributed by atoms with E-state index in [1.54, 1.807) is 24.3 Å². The molecule has 0 atom stereocenters. The van der Waals surface area contributed by atoms with E-state index in [0.29, 0.717) is 6.61 Å². The Bertz CT molecular complexity index is 422. The molecule has 0 unspecified atom stereocenters. The Morgan fingerprint density at radius 1 is 1.06 bits per heavy atom. The number of rotatable bonds is 7. The van der Waals surface area contributed by atoms with E-state index in [-0.39, 0.29) is 18.1 Å². The van der Waals surface area contributed by atoms with Gasteiger partial charge in [0.05, 0.1) is 18.1 Å². The zero-order valence-electron chi connectivity index (χ0n) is 10.2. The molecular weight excluding hydrogens is 240 g/mol. The van der Waals surface area contributed by atoms with E-state index in [0.717, 1.165) is 12.0 Å². The first-order chi connectivity index (χ1) is 8.10. The topological polar surface area (TPSA) is 52.6 Å². The van der Waals surface area contributed by atoms with Crippen LogP contribution in [0.1, 0.15) is 19.4 Å². The second kappa shape index (κ2) is 6.74.